The molecule has 1 heterocycles. The first-order chi connectivity index (χ1) is 7.08. The molecule has 0 radical (unpaired) electrons. The molecule has 0 aliphatic carbocycles. The molecule has 0 saturated heterocycles. The van der Waals surface area contributed by atoms with E-state index in [2.05, 4.69) is 9.97 Å². The van der Waals surface area contributed by atoms with Gasteiger partial charge < -0.3 is 5.11 Å². The third-order valence-electron chi connectivity index (χ3n) is 2.18. The normalized spacial score (nSPS) is 10.5. The van der Waals surface area contributed by atoms with Crippen molar-refractivity contribution < 1.29 is 9.90 Å². The summed E-state index contributed by atoms with van der Waals surface area (Å²) in [5.41, 5.74) is 1.37. The third kappa shape index (κ3) is 1.66. The predicted octanol–water partition coefficient (Wildman–Crippen LogP) is 1.85. The SMILES string of the molecule is CC(=O)c1nc(C)c2cc(O)ccc2n1. The molecular formula is C11H10N2O2. The molecular weight excluding hydrogens is 192 g/mol. The third-order valence-corrected chi connectivity index (χ3v) is 2.18. The summed E-state index contributed by atoms with van der Waals surface area (Å²) in [5.74, 6) is 0.225. The highest BCUT2D eigenvalue weighted by molar-refractivity contribution is 5.93. The van der Waals surface area contributed by atoms with E-state index < -0.39 is 0 Å². The van der Waals surface area contributed by atoms with E-state index in [1.54, 1.807) is 25.1 Å². The van der Waals surface area contributed by atoms with Crippen molar-refractivity contribution in [1.29, 1.82) is 0 Å². The molecule has 0 aliphatic heterocycles. The lowest BCUT2D eigenvalue weighted by Crippen LogP contribution is -2.03. The fraction of sp³-hybridized carbons (Fsp3) is 0.182. The summed E-state index contributed by atoms with van der Waals surface area (Å²) in [4.78, 5) is 19.3. The number of fused-ring (bicyclic) bond motifs is 1. The molecule has 1 N–H and O–H groups in total. The van der Waals surface area contributed by atoms with Gasteiger partial charge in [0.1, 0.15) is 5.75 Å². The zero-order chi connectivity index (χ0) is 11.0. The van der Waals surface area contributed by atoms with E-state index in [-0.39, 0.29) is 17.4 Å². The van der Waals surface area contributed by atoms with E-state index in [9.17, 15) is 9.90 Å². The minimum Gasteiger partial charge on any atom is -0.508 e. The molecule has 76 valence electrons. The molecule has 1 aromatic heterocycles. The van der Waals surface area contributed by atoms with Crippen molar-refractivity contribution >= 4 is 16.7 Å². The quantitative estimate of drug-likeness (QED) is 0.717. The number of aryl methyl sites for hydroxylation is 1. The number of ketones is 1. The molecule has 15 heavy (non-hydrogen) atoms. The van der Waals surface area contributed by atoms with Gasteiger partial charge in [-0.15, -0.1) is 0 Å². The van der Waals surface area contributed by atoms with Crippen molar-refractivity contribution in [2.45, 2.75) is 13.8 Å². The van der Waals surface area contributed by atoms with Crippen LogP contribution in [-0.2, 0) is 0 Å². The first-order valence-electron chi connectivity index (χ1n) is 4.56. The van der Waals surface area contributed by atoms with Gasteiger partial charge in [0, 0.05) is 18.0 Å². The predicted molar refractivity (Wildman–Crippen MR) is 55.9 cm³/mol. The first-order valence-corrected chi connectivity index (χ1v) is 4.56. The fourth-order valence-electron chi connectivity index (χ4n) is 1.43. The summed E-state index contributed by atoms with van der Waals surface area (Å²) in [5, 5.41) is 10.1. The van der Waals surface area contributed by atoms with Gasteiger partial charge in [0.05, 0.1) is 5.52 Å². The Bertz CT molecular complexity index is 550. The Labute approximate surface area is 86.6 Å². The number of hydrogen-bond acceptors (Lipinski definition) is 4. The summed E-state index contributed by atoms with van der Waals surface area (Å²) < 4.78 is 0. The van der Waals surface area contributed by atoms with Crippen LogP contribution in [0.25, 0.3) is 10.9 Å². The molecule has 0 saturated carbocycles. The Morgan fingerprint density at radius 1 is 1.33 bits per heavy atom. The summed E-state index contributed by atoms with van der Waals surface area (Å²) >= 11 is 0. The van der Waals surface area contributed by atoms with Crippen molar-refractivity contribution in [2.75, 3.05) is 0 Å². The van der Waals surface area contributed by atoms with Gasteiger partial charge in [-0.1, -0.05) is 0 Å². The summed E-state index contributed by atoms with van der Waals surface area (Å²) in [7, 11) is 0. The molecule has 0 bridgehead atoms. The summed E-state index contributed by atoms with van der Waals surface area (Å²) in [6.07, 6.45) is 0. The number of carbonyl (C=O) groups is 1. The van der Waals surface area contributed by atoms with E-state index in [4.69, 9.17) is 0 Å². The van der Waals surface area contributed by atoms with Crippen LogP contribution in [0.3, 0.4) is 0 Å². The second-order valence-electron chi connectivity index (χ2n) is 3.39. The maximum atomic E-state index is 11.1. The maximum Gasteiger partial charge on any atom is 0.196 e. The number of aromatic hydroxyl groups is 1. The van der Waals surface area contributed by atoms with Crippen LogP contribution in [-0.4, -0.2) is 20.9 Å². The number of Topliss-reactive ketones (excluding diaryl/α,β-unsaturated/α-hetero) is 1. The van der Waals surface area contributed by atoms with E-state index in [0.717, 1.165) is 5.39 Å². The van der Waals surface area contributed by atoms with Crippen LogP contribution in [0.4, 0.5) is 0 Å². The van der Waals surface area contributed by atoms with Crippen LogP contribution in [0, 0.1) is 6.92 Å². The molecule has 0 aliphatic rings. The molecule has 0 fully saturated rings. The van der Waals surface area contributed by atoms with E-state index >= 15 is 0 Å². The van der Waals surface area contributed by atoms with Crippen LogP contribution < -0.4 is 0 Å². The standard InChI is InChI=1S/C11H10N2O2/c1-6-9-5-8(15)3-4-10(9)13-11(12-6)7(2)14/h3-5,15H,1-2H3. The Hall–Kier alpha value is -1.97. The lowest BCUT2D eigenvalue weighted by Gasteiger charge is -2.03. The van der Waals surface area contributed by atoms with Crippen molar-refractivity contribution in [3.8, 4) is 5.75 Å². The molecule has 0 atom stereocenters. The number of aromatic nitrogens is 2. The molecule has 4 nitrogen and oxygen atoms in total. The summed E-state index contributed by atoms with van der Waals surface area (Å²) in [6, 6.07) is 4.80. The molecule has 2 rings (SSSR count). The lowest BCUT2D eigenvalue weighted by molar-refractivity contribution is 0.100. The zero-order valence-corrected chi connectivity index (χ0v) is 8.48. The van der Waals surface area contributed by atoms with Gasteiger partial charge in [-0.2, -0.15) is 0 Å². The average Bonchev–Trinajstić information content (AvgIpc) is 2.18. The number of benzene rings is 1. The van der Waals surface area contributed by atoms with Gasteiger partial charge in [-0.05, 0) is 25.1 Å². The van der Waals surface area contributed by atoms with Gasteiger partial charge in [-0.3, -0.25) is 4.79 Å². The van der Waals surface area contributed by atoms with Crippen LogP contribution in [0.15, 0.2) is 18.2 Å². The maximum absolute atomic E-state index is 11.1. The smallest absolute Gasteiger partial charge is 0.196 e. The van der Waals surface area contributed by atoms with E-state index in [1.165, 1.54) is 6.92 Å². The van der Waals surface area contributed by atoms with Crippen molar-refractivity contribution in [3.63, 3.8) is 0 Å². The Morgan fingerprint density at radius 3 is 2.73 bits per heavy atom. The monoisotopic (exact) mass is 202 g/mol. The Morgan fingerprint density at radius 2 is 2.07 bits per heavy atom. The number of phenolic OH excluding ortho intramolecular Hbond substituents is 1. The molecule has 0 amide bonds. The number of carbonyl (C=O) groups excluding carboxylic acids is 1. The van der Waals surface area contributed by atoms with Gasteiger partial charge in [0.2, 0.25) is 0 Å². The molecule has 0 spiro atoms. The van der Waals surface area contributed by atoms with Crippen LogP contribution in [0.2, 0.25) is 0 Å². The van der Waals surface area contributed by atoms with E-state index in [1.807, 2.05) is 0 Å². The second-order valence-corrected chi connectivity index (χ2v) is 3.39. The van der Waals surface area contributed by atoms with Gasteiger partial charge in [0.25, 0.3) is 0 Å². The van der Waals surface area contributed by atoms with Gasteiger partial charge >= 0.3 is 0 Å². The number of rotatable bonds is 1. The number of hydrogen-bond donors (Lipinski definition) is 1. The highest BCUT2D eigenvalue weighted by Crippen LogP contribution is 2.20. The molecule has 2 aromatic rings. The van der Waals surface area contributed by atoms with Crippen LogP contribution in [0.5, 0.6) is 5.75 Å². The second kappa shape index (κ2) is 3.31. The zero-order valence-electron chi connectivity index (χ0n) is 8.48. The van der Waals surface area contributed by atoms with Crippen LogP contribution >= 0.6 is 0 Å². The fourth-order valence-corrected chi connectivity index (χ4v) is 1.43. The lowest BCUT2D eigenvalue weighted by atomic mass is 10.2. The van der Waals surface area contributed by atoms with Gasteiger partial charge in [-0.25, -0.2) is 9.97 Å². The Kier molecular flexibility index (Phi) is 2.11. The molecule has 1 aromatic carbocycles. The van der Waals surface area contributed by atoms with Crippen molar-refractivity contribution in [1.82, 2.24) is 9.97 Å². The number of nitrogens with zero attached hydrogens (tertiary/aromatic N) is 2. The minimum absolute atomic E-state index is 0.159. The topological polar surface area (TPSA) is 63.1 Å². The average molecular weight is 202 g/mol. The minimum atomic E-state index is -0.159. The van der Waals surface area contributed by atoms with Crippen molar-refractivity contribution in [3.05, 3.63) is 29.7 Å². The highest BCUT2D eigenvalue weighted by atomic mass is 16.3. The number of phenols is 1. The first kappa shape index (κ1) is 9.58. The van der Waals surface area contributed by atoms with Crippen LogP contribution in [0.1, 0.15) is 23.2 Å². The van der Waals surface area contributed by atoms with Gasteiger partial charge in [0.15, 0.2) is 11.6 Å². The largest absolute Gasteiger partial charge is 0.508 e. The molecule has 0 unspecified atom stereocenters. The Balaban J connectivity index is 2.78. The molecule has 4 heteroatoms. The van der Waals surface area contributed by atoms with Crippen molar-refractivity contribution in [2.24, 2.45) is 0 Å². The van der Waals surface area contributed by atoms with E-state index in [0.29, 0.717) is 11.2 Å². The highest BCUT2D eigenvalue weighted by Gasteiger charge is 2.08. The summed E-state index contributed by atoms with van der Waals surface area (Å²) in [6.45, 7) is 3.22.